The van der Waals surface area contributed by atoms with E-state index in [1.165, 1.54) is 18.4 Å². The van der Waals surface area contributed by atoms with Crippen molar-refractivity contribution in [3.8, 4) is 0 Å². The van der Waals surface area contributed by atoms with E-state index in [1.807, 2.05) is 13.8 Å². The Kier molecular flexibility index (Phi) is 3.71. The number of hydrogen-bond acceptors (Lipinski definition) is 0. The summed E-state index contributed by atoms with van der Waals surface area (Å²) in [5.74, 6) is 0.0653. The number of alkyl halides is 1. The van der Waals surface area contributed by atoms with Crippen molar-refractivity contribution in [3.63, 3.8) is 0 Å². The first kappa shape index (κ1) is 10.5. The highest BCUT2D eigenvalue weighted by Crippen LogP contribution is 2.27. The summed E-state index contributed by atoms with van der Waals surface area (Å²) in [5.41, 5.74) is 2.49. The van der Waals surface area contributed by atoms with E-state index in [0.717, 1.165) is 12.0 Å². The van der Waals surface area contributed by atoms with Gasteiger partial charge in [-0.3, -0.25) is 0 Å². The quantitative estimate of drug-likeness (QED) is 0.618. The average Bonchev–Trinajstić information content (AvgIpc) is 2.09. The third-order valence-corrected chi connectivity index (χ3v) is 2.68. The Morgan fingerprint density at radius 2 is 2.08 bits per heavy atom. The molecule has 0 aliphatic heterocycles. The molecule has 0 bridgehead atoms. The van der Waals surface area contributed by atoms with E-state index in [0.29, 0.717) is 0 Å². The first-order chi connectivity index (χ1) is 6.15. The molecule has 0 radical (unpaired) electrons. The predicted octanol–water partition coefficient (Wildman–Crippen LogP) is 4.04. The summed E-state index contributed by atoms with van der Waals surface area (Å²) in [7, 11) is 0. The third kappa shape index (κ3) is 2.68. The minimum absolute atomic E-state index is 0.0653. The number of halogens is 1. The molecule has 1 rings (SSSR count). The summed E-state index contributed by atoms with van der Waals surface area (Å²) >= 11 is 0. The second-order valence-corrected chi connectivity index (χ2v) is 3.95. The predicted molar refractivity (Wildman–Crippen MR) is 55.4 cm³/mol. The van der Waals surface area contributed by atoms with Gasteiger partial charge in [0.25, 0.3) is 0 Å². The normalized spacial score (nSPS) is 28.3. The molecular weight excluding hydrogens is 163 g/mol. The molecule has 1 aliphatic carbocycles. The van der Waals surface area contributed by atoms with Gasteiger partial charge in [-0.25, -0.2) is 4.39 Å². The summed E-state index contributed by atoms with van der Waals surface area (Å²) < 4.78 is 13.2. The summed E-state index contributed by atoms with van der Waals surface area (Å²) in [4.78, 5) is 0. The van der Waals surface area contributed by atoms with Gasteiger partial charge in [0.1, 0.15) is 6.17 Å². The maximum Gasteiger partial charge on any atom is 0.125 e. The molecule has 1 heteroatoms. The Hall–Kier alpha value is -0.590. The Bertz CT molecular complexity index is 225. The zero-order chi connectivity index (χ0) is 9.84. The molecule has 1 aliphatic rings. The van der Waals surface area contributed by atoms with E-state index in [2.05, 4.69) is 13.0 Å². The van der Waals surface area contributed by atoms with Gasteiger partial charge in [-0.05, 0) is 37.0 Å². The van der Waals surface area contributed by atoms with Gasteiger partial charge in [-0.1, -0.05) is 26.3 Å². The SMILES string of the molecule is CCCCC1=CC(C)C(F)C=C1C. The van der Waals surface area contributed by atoms with E-state index in [-0.39, 0.29) is 5.92 Å². The number of rotatable bonds is 3. The molecule has 0 saturated heterocycles. The van der Waals surface area contributed by atoms with Crippen molar-refractivity contribution >= 4 is 0 Å². The zero-order valence-corrected chi connectivity index (χ0v) is 8.81. The smallest absolute Gasteiger partial charge is 0.125 e. The molecule has 0 heterocycles. The number of allylic oxidation sites excluding steroid dienone is 4. The van der Waals surface area contributed by atoms with Gasteiger partial charge < -0.3 is 0 Å². The molecule has 0 fully saturated rings. The standard InChI is InChI=1S/C12H19F/c1-4-5-6-11-7-10(3)12(13)8-9(11)2/h7-8,10,12H,4-6H2,1-3H3. The lowest BCUT2D eigenvalue weighted by molar-refractivity contribution is 0.330. The van der Waals surface area contributed by atoms with Gasteiger partial charge in [0, 0.05) is 5.92 Å². The van der Waals surface area contributed by atoms with Crippen LogP contribution in [-0.4, -0.2) is 6.17 Å². The van der Waals surface area contributed by atoms with Gasteiger partial charge in [0.15, 0.2) is 0 Å². The van der Waals surface area contributed by atoms with Crippen molar-refractivity contribution in [1.29, 1.82) is 0 Å². The first-order valence-corrected chi connectivity index (χ1v) is 5.18. The summed E-state index contributed by atoms with van der Waals surface area (Å²) in [6.45, 7) is 6.14. The van der Waals surface area contributed by atoms with Crippen molar-refractivity contribution in [3.05, 3.63) is 23.3 Å². The molecule has 0 saturated carbocycles. The lowest BCUT2D eigenvalue weighted by Gasteiger charge is -2.20. The minimum Gasteiger partial charge on any atom is -0.242 e. The van der Waals surface area contributed by atoms with E-state index in [4.69, 9.17) is 0 Å². The third-order valence-electron chi connectivity index (χ3n) is 2.68. The molecule has 0 N–H and O–H groups in total. The fraction of sp³-hybridized carbons (Fsp3) is 0.667. The molecule has 13 heavy (non-hydrogen) atoms. The van der Waals surface area contributed by atoms with Crippen molar-refractivity contribution in [2.24, 2.45) is 5.92 Å². The topological polar surface area (TPSA) is 0 Å². The number of hydrogen-bond donors (Lipinski definition) is 0. The molecule has 0 aromatic rings. The average molecular weight is 182 g/mol. The monoisotopic (exact) mass is 182 g/mol. The second kappa shape index (κ2) is 4.59. The van der Waals surface area contributed by atoms with E-state index >= 15 is 0 Å². The van der Waals surface area contributed by atoms with Crippen LogP contribution in [0, 0.1) is 5.92 Å². The first-order valence-electron chi connectivity index (χ1n) is 5.18. The Labute approximate surface area is 80.5 Å². The molecule has 2 atom stereocenters. The molecule has 74 valence electrons. The van der Waals surface area contributed by atoms with Gasteiger partial charge in [0.05, 0.1) is 0 Å². The van der Waals surface area contributed by atoms with Crippen molar-refractivity contribution in [1.82, 2.24) is 0 Å². The minimum atomic E-state index is -0.773. The van der Waals surface area contributed by atoms with Crippen LogP contribution in [0.4, 0.5) is 4.39 Å². The highest BCUT2D eigenvalue weighted by molar-refractivity contribution is 5.34. The molecule has 0 spiro atoms. The van der Waals surface area contributed by atoms with Crippen LogP contribution in [0.1, 0.15) is 40.0 Å². The molecule has 0 amide bonds. The Morgan fingerprint density at radius 1 is 1.38 bits per heavy atom. The molecular formula is C12H19F. The van der Waals surface area contributed by atoms with Crippen LogP contribution in [0.3, 0.4) is 0 Å². The van der Waals surface area contributed by atoms with Crippen LogP contribution in [0.5, 0.6) is 0 Å². The Morgan fingerprint density at radius 3 is 2.69 bits per heavy atom. The van der Waals surface area contributed by atoms with Crippen LogP contribution in [0.25, 0.3) is 0 Å². The molecule has 0 aromatic carbocycles. The van der Waals surface area contributed by atoms with Crippen LogP contribution in [0.2, 0.25) is 0 Å². The lowest BCUT2D eigenvalue weighted by Crippen LogP contribution is -2.13. The van der Waals surface area contributed by atoms with Gasteiger partial charge in [-0.2, -0.15) is 0 Å². The molecule has 0 aromatic heterocycles. The molecule has 0 nitrogen and oxygen atoms in total. The van der Waals surface area contributed by atoms with Crippen molar-refractivity contribution < 1.29 is 4.39 Å². The largest absolute Gasteiger partial charge is 0.242 e. The van der Waals surface area contributed by atoms with Crippen LogP contribution in [0.15, 0.2) is 23.3 Å². The van der Waals surface area contributed by atoms with E-state index < -0.39 is 6.17 Å². The Balaban J connectivity index is 2.63. The highest BCUT2D eigenvalue weighted by Gasteiger charge is 2.18. The summed E-state index contributed by atoms with van der Waals surface area (Å²) in [5, 5.41) is 0. The fourth-order valence-electron chi connectivity index (χ4n) is 1.69. The van der Waals surface area contributed by atoms with Crippen LogP contribution >= 0.6 is 0 Å². The summed E-state index contributed by atoms with van der Waals surface area (Å²) in [6.07, 6.45) is 6.60. The summed E-state index contributed by atoms with van der Waals surface area (Å²) in [6, 6.07) is 0. The maximum absolute atomic E-state index is 13.2. The highest BCUT2D eigenvalue weighted by atomic mass is 19.1. The van der Waals surface area contributed by atoms with Gasteiger partial charge in [0.2, 0.25) is 0 Å². The second-order valence-electron chi connectivity index (χ2n) is 3.95. The lowest BCUT2D eigenvalue weighted by atomic mass is 9.88. The van der Waals surface area contributed by atoms with Gasteiger partial charge in [-0.15, -0.1) is 0 Å². The van der Waals surface area contributed by atoms with Crippen LogP contribution < -0.4 is 0 Å². The van der Waals surface area contributed by atoms with Crippen molar-refractivity contribution in [2.45, 2.75) is 46.2 Å². The zero-order valence-electron chi connectivity index (χ0n) is 8.81. The van der Waals surface area contributed by atoms with Crippen molar-refractivity contribution in [2.75, 3.05) is 0 Å². The fourth-order valence-corrected chi connectivity index (χ4v) is 1.69. The maximum atomic E-state index is 13.2. The van der Waals surface area contributed by atoms with Crippen LogP contribution in [-0.2, 0) is 0 Å². The van der Waals surface area contributed by atoms with Gasteiger partial charge >= 0.3 is 0 Å². The number of unbranched alkanes of at least 4 members (excludes halogenated alkanes) is 1. The molecule has 2 unspecified atom stereocenters. The van der Waals surface area contributed by atoms with E-state index in [1.54, 1.807) is 6.08 Å². The van der Waals surface area contributed by atoms with E-state index in [9.17, 15) is 4.39 Å².